The molecule has 1 aromatic heterocycles. The fourth-order valence-electron chi connectivity index (χ4n) is 2.24. The number of halogens is 1. The first kappa shape index (κ1) is 13.7. The maximum absolute atomic E-state index is 5.74. The van der Waals surface area contributed by atoms with Crippen LogP contribution >= 0.6 is 15.9 Å². The fraction of sp³-hybridized carbons (Fsp3) is 0.333. The molecule has 0 radical (unpaired) electrons. The first-order valence-electron chi connectivity index (χ1n) is 6.69. The largest absolute Gasteiger partial charge is 0.371 e. The van der Waals surface area contributed by atoms with Gasteiger partial charge >= 0.3 is 0 Å². The van der Waals surface area contributed by atoms with Gasteiger partial charge in [-0.3, -0.25) is 0 Å². The highest BCUT2D eigenvalue weighted by Gasteiger charge is 2.15. The zero-order valence-corrected chi connectivity index (χ0v) is 12.6. The zero-order valence-electron chi connectivity index (χ0n) is 11.1. The Bertz CT molecular complexity index is 550. The maximum atomic E-state index is 5.74. The van der Waals surface area contributed by atoms with Crippen molar-refractivity contribution in [2.24, 2.45) is 0 Å². The minimum atomic E-state index is 0.168. The van der Waals surface area contributed by atoms with E-state index >= 15 is 0 Å². The Kier molecular flexibility index (Phi) is 4.40. The summed E-state index contributed by atoms with van der Waals surface area (Å²) in [7, 11) is 0. The van der Waals surface area contributed by atoms with Crippen molar-refractivity contribution >= 4 is 15.9 Å². The summed E-state index contributed by atoms with van der Waals surface area (Å²) in [5, 5.41) is 3.34. The first-order chi connectivity index (χ1) is 9.81. The molecular weight excluding hydrogens is 318 g/mol. The van der Waals surface area contributed by atoms with E-state index in [4.69, 9.17) is 4.74 Å². The molecule has 0 bridgehead atoms. The highest BCUT2D eigenvalue weighted by molar-refractivity contribution is 9.10. The van der Waals surface area contributed by atoms with Crippen molar-refractivity contribution in [3.8, 4) is 0 Å². The van der Waals surface area contributed by atoms with Gasteiger partial charge in [-0.05, 0) is 27.1 Å². The molecule has 104 valence electrons. The molecule has 1 saturated heterocycles. The molecule has 2 heterocycles. The Balaban J connectivity index is 1.67. The van der Waals surface area contributed by atoms with Crippen molar-refractivity contribution in [3.05, 3.63) is 58.1 Å². The van der Waals surface area contributed by atoms with Gasteiger partial charge in [-0.15, -0.1) is 0 Å². The van der Waals surface area contributed by atoms with Crippen LogP contribution in [0.4, 0.5) is 0 Å². The van der Waals surface area contributed by atoms with Crippen molar-refractivity contribution in [3.63, 3.8) is 0 Å². The third-order valence-corrected chi connectivity index (χ3v) is 3.72. The van der Waals surface area contributed by atoms with E-state index in [1.54, 1.807) is 12.4 Å². The number of ether oxygens (including phenoxy) is 1. The lowest BCUT2D eigenvalue weighted by molar-refractivity contribution is 0.0277. The molecule has 4 nitrogen and oxygen atoms in total. The van der Waals surface area contributed by atoms with Crippen LogP contribution in [-0.4, -0.2) is 29.7 Å². The Morgan fingerprint density at radius 3 is 2.60 bits per heavy atom. The molecule has 1 fully saturated rings. The Labute approximate surface area is 126 Å². The molecule has 0 saturated carbocycles. The molecule has 3 rings (SSSR count). The van der Waals surface area contributed by atoms with Gasteiger partial charge in [-0.2, -0.15) is 0 Å². The quantitative estimate of drug-likeness (QED) is 0.937. The summed E-state index contributed by atoms with van der Waals surface area (Å²) in [6.45, 7) is 2.60. The Morgan fingerprint density at radius 1 is 1.20 bits per heavy atom. The van der Waals surface area contributed by atoms with E-state index in [0.717, 1.165) is 36.4 Å². The topological polar surface area (TPSA) is 47.0 Å². The number of hydrogen-bond donors (Lipinski definition) is 1. The number of nitrogens with zero attached hydrogens (tertiary/aromatic N) is 2. The van der Waals surface area contributed by atoms with Gasteiger partial charge in [0.25, 0.3) is 0 Å². The Hall–Kier alpha value is -1.30. The highest BCUT2D eigenvalue weighted by Crippen LogP contribution is 2.19. The molecule has 5 heteroatoms. The smallest absolute Gasteiger partial charge is 0.132 e. The van der Waals surface area contributed by atoms with Crippen LogP contribution in [0.2, 0.25) is 0 Å². The van der Waals surface area contributed by atoms with Gasteiger partial charge in [0, 0.05) is 31.9 Å². The van der Waals surface area contributed by atoms with Crippen LogP contribution in [0.5, 0.6) is 0 Å². The molecule has 20 heavy (non-hydrogen) atoms. The van der Waals surface area contributed by atoms with Crippen LogP contribution in [0.3, 0.4) is 0 Å². The SMILES string of the molecule is Brc1cnc(Cc2ccc(C3CNCCO3)cc2)nc1. The van der Waals surface area contributed by atoms with Crippen LogP contribution in [0.1, 0.15) is 23.1 Å². The number of morpholine rings is 1. The lowest BCUT2D eigenvalue weighted by Gasteiger charge is -2.24. The number of benzene rings is 1. The van der Waals surface area contributed by atoms with E-state index in [2.05, 4.69) is 55.5 Å². The average Bonchev–Trinajstić information content (AvgIpc) is 2.51. The summed E-state index contributed by atoms with van der Waals surface area (Å²) in [6, 6.07) is 8.51. The van der Waals surface area contributed by atoms with Crippen LogP contribution in [0, 0.1) is 0 Å². The van der Waals surface area contributed by atoms with Gasteiger partial charge in [0.1, 0.15) is 5.82 Å². The lowest BCUT2D eigenvalue weighted by Crippen LogP contribution is -2.33. The van der Waals surface area contributed by atoms with Crippen LogP contribution in [-0.2, 0) is 11.2 Å². The van der Waals surface area contributed by atoms with Gasteiger partial charge in [0.05, 0.1) is 17.2 Å². The van der Waals surface area contributed by atoms with E-state index in [9.17, 15) is 0 Å². The lowest BCUT2D eigenvalue weighted by atomic mass is 10.0. The molecule has 0 spiro atoms. The zero-order chi connectivity index (χ0) is 13.8. The molecule has 1 aliphatic heterocycles. The van der Waals surface area contributed by atoms with Gasteiger partial charge in [-0.25, -0.2) is 9.97 Å². The number of nitrogens with one attached hydrogen (secondary N) is 1. The van der Waals surface area contributed by atoms with Crippen LogP contribution in [0.15, 0.2) is 41.1 Å². The molecule has 0 amide bonds. The summed E-state index contributed by atoms with van der Waals surface area (Å²) < 4.78 is 6.64. The molecule has 0 aliphatic carbocycles. The number of aromatic nitrogens is 2. The summed E-state index contributed by atoms with van der Waals surface area (Å²) in [5.74, 6) is 0.830. The Morgan fingerprint density at radius 2 is 1.95 bits per heavy atom. The number of hydrogen-bond acceptors (Lipinski definition) is 4. The van der Waals surface area contributed by atoms with Crippen molar-refractivity contribution in [2.45, 2.75) is 12.5 Å². The van der Waals surface area contributed by atoms with Crippen molar-refractivity contribution in [1.29, 1.82) is 0 Å². The molecule has 1 N–H and O–H groups in total. The number of rotatable bonds is 3. The molecule has 1 atom stereocenters. The minimum Gasteiger partial charge on any atom is -0.371 e. The monoisotopic (exact) mass is 333 g/mol. The molecular formula is C15H16BrN3O. The maximum Gasteiger partial charge on any atom is 0.132 e. The summed E-state index contributed by atoms with van der Waals surface area (Å²) >= 11 is 3.34. The third-order valence-electron chi connectivity index (χ3n) is 3.32. The summed E-state index contributed by atoms with van der Waals surface area (Å²) in [4.78, 5) is 8.59. The van der Waals surface area contributed by atoms with Crippen molar-refractivity contribution in [2.75, 3.05) is 19.7 Å². The van der Waals surface area contributed by atoms with Crippen molar-refractivity contribution in [1.82, 2.24) is 15.3 Å². The van der Waals surface area contributed by atoms with E-state index in [-0.39, 0.29) is 6.10 Å². The second kappa shape index (κ2) is 6.43. The van der Waals surface area contributed by atoms with Gasteiger partial charge in [0.2, 0.25) is 0 Å². The van der Waals surface area contributed by atoms with Gasteiger partial charge in [-0.1, -0.05) is 24.3 Å². The van der Waals surface area contributed by atoms with E-state index in [0.29, 0.717) is 0 Å². The third kappa shape index (κ3) is 3.42. The second-order valence-electron chi connectivity index (χ2n) is 4.80. The summed E-state index contributed by atoms with van der Waals surface area (Å²) in [6.07, 6.45) is 4.47. The van der Waals surface area contributed by atoms with E-state index in [1.165, 1.54) is 11.1 Å². The standard InChI is InChI=1S/C15H16BrN3O/c16-13-8-18-15(19-9-13)7-11-1-3-12(4-2-11)14-10-17-5-6-20-14/h1-4,8-9,14,17H,5-7,10H2. The van der Waals surface area contributed by atoms with Gasteiger partial charge in [0.15, 0.2) is 0 Å². The minimum absolute atomic E-state index is 0.168. The molecule has 1 unspecified atom stereocenters. The molecule has 1 aliphatic rings. The van der Waals surface area contributed by atoms with E-state index < -0.39 is 0 Å². The summed E-state index contributed by atoms with van der Waals surface area (Å²) in [5.41, 5.74) is 2.43. The van der Waals surface area contributed by atoms with Gasteiger partial charge < -0.3 is 10.1 Å². The normalized spacial score (nSPS) is 18.9. The molecule has 1 aromatic carbocycles. The average molecular weight is 334 g/mol. The fourth-order valence-corrected chi connectivity index (χ4v) is 2.45. The van der Waals surface area contributed by atoms with Crippen LogP contribution in [0.25, 0.3) is 0 Å². The van der Waals surface area contributed by atoms with E-state index in [1.807, 2.05) is 0 Å². The van der Waals surface area contributed by atoms with Crippen molar-refractivity contribution < 1.29 is 4.74 Å². The second-order valence-corrected chi connectivity index (χ2v) is 5.72. The predicted octanol–water partition coefficient (Wildman–Crippen LogP) is 2.49. The van der Waals surface area contributed by atoms with Crippen LogP contribution < -0.4 is 5.32 Å². The predicted molar refractivity (Wildman–Crippen MR) is 80.5 cm³/mol. The first-order valence-corrected chi connectivity index (χ1v) is 7.48. The highest BCUT2D eigenvalue weighted by atomic mass is 79.9. The molecule has 2 aromatic rings.